The number of anilines is 1. The van der Waals surface area contributed by atoms with Crippen LogP contribution in [0.4, 0.5) is 5.69 Å². The van der Waals surface area contributed by atoms with E-state index in [9.17, 15) is 4.79 Å². The number of nitrogens with zero attached hydrogens (tertiary/aromatic N) is 1. The quantitative estimate of drug-likeness (QED) is 0.737. The number of Topliss-reactive ketones (excluding diaryl/α,β-unsaturated/α-hetero) is 1. The molecule has 0 atom stereocenters. The van der Waals surface area contributed by atoms with Crippen molar-refractivity contribution < 1.29 is 4.79 Å². The molecule has 0 saturated heterocycles. The number of rotatable bonds is 4. The molecule has 0 amide bonds. The number of fused-ring (bicyclic) bond motifs is 1. The van der Waals surface area contributed by atoms with Gasteiger partial charge in [-0.3, -0.25) is 4.79 Å². The van der Waals surface area contributed by atoms with E-state index in [4.69, 9.17) is 0 Å². The molecule has 1 N–H and O–H groups in total. The third kappa shape index (κ3) is 2.55. The van der Waals surface area contributed by atoms with Crippen LogP contribution in [-0.4, -0.2) is 16.9 Å². The van der Waals surface area contributed by atoms with Gasteiger partial charge in [0.05, 0.1) is 6.54 Å². The first kappa shape index (κ1) is 13.4. The molecule has 106 valence electrons. The smallest absolute Gasteiger partial charge is 0.184 e. The Hall–Kier alpha value is -2.55. The van der Waals surface area contributed by atoms with Crippen LogP contribution in [0.5, 0.6) is 0 Å². The number of hydrogen-bond donors (Lipinski definition) is 1. The van der Waals surface area contributed by atoms with Crippen molar-refractivity contribution in [1.29, 1.82) is 0 Å². The first-order valence-corrected chi connectivity index (χ1v) is 7.03. The molecule has 1 aromatic heterocycles. The average molecular weight is 278 g/mol. The molecule has 3 heteroatoms. The Morgan fingerprint density at radius 1 is 1.10 bits per heavy atom. The molecule has 1 heterocycles. The van der Waals surface area contributed by atoms with E-state index in [2.05, 4.69) is 5.32 Å². The summed E-state index contributed by atoms with van der Waals surface area (Å²) in [6.07, 6.45) is 1.91. The lowest BCUT2D eigenvalue weighted by atomic mass is 10.1. The molecule has 0 fully saturated rings. The van der Waals surface area contributed by atoms with Gasteiger partial charge >= 0.3 is 0 Å². The van der Waals surface area contributed by atoms with Gasteiger partial charge in [-0.15, -0.1) is 0 Å². The van der Waals surface area contributed by atoms with E-state index in [1.165, 1.54) is 0 Å². The van der Waals surface area contributed by atoms with Gasteiger partial charge in [-0.2, -0.15) is 0 Å². The Bertz CT molecular complexity index is 802. The lowest BCUT2D eigenvalue weighted by molar-refractivity contribution is 0.101. The predicted molar refractivity (Wildman–Crippen MR) is 86.9 cm³/mol. The lowest BCUT2D eigenvalue weighted by Gasteiger charge is -2.08. The van der Waals surface area contributed by atoms with Gasteiger partial charge < -0.3 is 9.88 Å². The van der Waals surface area contributed by atoms with Gasteiger partial charge in [0.15, 0.2) is 5.78 Å². The van der Waals surface area contributed by atoms with Crippen molar-refractivity contribution in [2.75, 3.05) is 11.9 Å². The summed E-state index contributed by atoms with van der Waals surface area (Å²) in [5.41, 5.74) is 4.00. The fourth-order valence-electron chi connectivity index (χ4n) is 2.61. The van der Waals surface area contributed by atoms with Crippen LogP contribution in [0.25, 0.3) is 10.9 Å². The molecule has 3 nitrogen and oxygen atoms in total. The number of benzene rings is 2. The maximum atomic E-state index is 12.5. The molecule has 0 aliphatic carbocycles. The standard InChI is InChI=1S/C18H18N2O/c1-13-7-3-5-9-16(13)19-11-18(21)15-12-20(2)17-10-6-4-8-14(15)17/h3-10,12,19H,11H2,1-2H3. The third-order valence-corrected chi connectivity index (χ3v) is 3.78. The monoisotopic (exact) mass is 278 g/mol. The first-order valence-electron chi connectivity index (χ1n) is 7.03. The number of ketones is 1. The predicted octanol–water partition coefficient (Wildman–Crippen LogP) is 3.78. The summed E-state index contributed by atoms with van der Waals surface area (Å²) >= 11 is 0. The van der Waals surface area contributed by atoms with Gasteiger partial charge in [-0.25, -0.2) is 0 Å². The molecule has 3 rings (SSSR count). The molecular formula is C18H18N2O. The van der Waals surface area contributed by atoms with Crippen LogP contribution in [-0.2, 0) is 7.05 Å². The van der Waals surface area contributed by atoms with Crippen LogP contribution in [0.3, 0.4) is 0 Å². The van der Waals surface area contributed by atoms with Crippen molar-refractivity contribution in [1.82, 2.24) is 4.57 Å². The Morgan fingerprint density at radius 3 is 2.62 bits per heavy atom. The van der Waals surface area contributed by atoms with Crippen molar-refractivity contribution in [2.45, 2.75) is 6.92 Å². The molecule has 0 bridgehead atoms. The molecule has 21 heavy (non-hydrogen) atoms. The summed E-state index contributed by atoms with van der Waals surface area (Å²) in [6, 6.07) is 16.0. The maximum Gasteiger partial charge on any atom is 0.184 e. The van der Waals surface area contributed by atoms with Gasteiger partial charge in [0, 0.05) is 35.4 Å². The Kier molecular flexibility index (Phi) is 3.48. The second kappa shape index (κ2) is 5.44. The summed E-state index contributed by atoms with van der Waals surface area (Å²) in [7, 11) is 1.97. The molecule has 3 aromatic rings. The first-order chi connectivity index (χ1) is 10.2. The van der Waals surface area contributed by atoms with E-state index >= 15 is 0 Å². The zero-order valence-corrected chi connectivity index (χ0v) is 12.3. The number of carbonyl (C=O) groups excluding carboxylic acids is 1. The van der Waals surface area contributed by atoms with E-state index < -0.39 is 0 Å². The summed E-state index contributed by atoms with van der Waals surface area (Å²) < 4.78 is 2.00. The van der Waals surface area contributed by atoms with Crippen molar-refractivity contribution in [3.8, 4) is 0 Å². The van der Waals surface area contributed by atoms with Crippen LogP contribution in [0.2, 0.25) is 0 Å². The van der Waals surface area contributed by atoms with E-state index in [1.54, 1.807) is 0 Å². The highest BCUT2D eigenvalue weighted by atomic mass is 16.1. The van der Waals surface area contributed by atoms with Crippen molar-refractivity contribution in [2.24, 2.45) is 7.05 Å². The molecule has 0 aliphatic rings. The Morgan fingerprint density at radius 2 is 1.81 bits per heavy atom. The molecular weight excluding hydrogens is 260 g/mol. The second-order valence-corrected chi connectivity index (χ2v) is 5.26. The Labute approximate surface area is 124 Å². The van der Waals surface area contributed by atoms with E-state index in [-0.39, 0.29) is 5.78 Å². The normalized spacial score (nSPS) is 10.8. The molecule has 2 aromatic carbocycles. The fourth-order valence-corrected chi connectivity index (χ4v) is 2.61. The van der Waals surface area contributed by atoms with Gasteiger partial charge in [0.2, 0.25) is 0 Å². The van der Waals surface area contributed by atoms with Crippen LogP contribution >= 0.6 is 0 Å². The Balaban J connectivity index is 1.83. The minimum Gasteiger partial charge on any atom is -0.377 e. The number of aromatic nitrogens is 1. The van der Waals surface area contributed by atoms with Crippen LogP contribution in [0, 0.1) is 6.92 Å². The van der Waals surface area contributed by atoms with E-state index in [1.807, 2.05) is 73.3 Å². The SMILES string of the molecule is Cc1ccccc1NCC(=O)c1cn(C)c2ccccc12. The fraction of sp³-hybridized carbons (Fsp3) is 0.167. The number of para-hydroxylation sites is 2. The van der Waals surface area contributed by atoms with Crippen molar-refractivity contribution >= 4 is 22.4 Å². The summed E-state index contributed by atoms with van der Waals surface area (Å²) in [5, 5.41) is 4.24. The molecule has 0 saturated carbocycles. The number of aryl methyl sites for hydroxylation is 2. The highest BCUT2D eigenvalue weighted by Crippen LogP contribution is 2.21. The lowest BCUT2D eigenvalue weighted by Crippen LogP contribution is -2.14. The van der Waals surface area contributed by atoms with Crippen LogP contribution < -0.4 is 5.32 Å². The summed E-state index contributed by atoms with van der Waals surface area (Å²) in [6.45, 7) is 2.34. The number of hydrogen-bond acceptors (Lipinski definition) is 2. The highest BCUT2D eigenvalue weighted by molar-refractivity contribution is 6.09. The largest absolute Gasteiger partial charge is 0.377 e. The van der Waals surface area contributed by atoms with Gasteiger partial charge in [0.1, 0.15) is 0 Å². The summed E-state index contributed by atoms with van der Waals surface area (Å²) in [4.78, 5) is 12.5. The van der Waals surface area contributed by atoms with Gasteiger partial charge in [0.25, 0.3) is 0 Å². The zero-order chi connectivity index (χ0) is 14.8. The van der Waals surface area contributed by atoms with Crippen LogP contribution in [0.15, 0.2) is 54.7 Å². The van der Waals surface area contributed by atoms with Crippen LogP contribution in [0.1, 0.15) is 15.9 Å². The second-order valence-electron chi connectivity index (χ2n) is 5.26. The number of carbonyl (C=O) groups is 1. The molecule has 0 radical (unpaired) electrons. The molecule has 0 aliphatic heterocycles. The number of nitrogens with one attached hydrogen (secondary N) is 1. The molecule has 0 unspecified atom stereocenters. The summed E-state index contributed by atoms with van der Waals surface area (Å²) in [5.74, 6) is 0.107. The average Bonchev–Trinajstić information content (AvgIpc) is 2.84. The highest BCUT2D eigenvalue weighted by Gasteiger charge is 2.13. The minimum absolute atomic E-state index is 0.107. The minimum atomic E-state index is 0.107. The van der Waals surface area contributed by atoms with Crippen molar-refractivity contribution in [3.63, 3.8) is 0 Å². The molecule has 0 spiro atoms. The van der Waals surface area contributed by atoms with E-state index in [0.717, 1.165) is 27.7 Å². The van der Waals surface area contributed by atoms with E-state index in [0.29, 0.717) is 6.54 Å². The van der Waals surface area contributed by atoms with Gasteiger partial charge in [-0.05, 0) is 24.6 Å². The maximum absolute atomic E-state index is 12.5. The topological polar surface area (TPSA) is 34.0 Å². The van der Waals surface area contributed by atoms with Crippen molar-refractivity contribution in [3.05, 3.63) is 65.9 Å². The third-order valence-electron chi connectivity index (χ3n) is 3.78. The van der Waals surface area contributed by atoms with Gasteiger partial charge in [-0.1, -0.05) is 36.4 Å². The zero-order valence-electron chi connectivity index (χ0n) is 12.3.